The fourth-order valence-corrected chi connectivity index (χ4v) is 2.29. The summed E-state index contributed by atoms with van der Waals surface area (Å²) >= 11 is 0. The summed E-state index contributed by atoms with van der Waals surface area (Å²) in [5, 5.41) is 0. The molecule has 5 nitrogen and oxygen atoms in total. The smallest absolute Gasteiger partial charge is 0.417 e. The lowest BCUT2D eigenvalue weighted by molar-refractivity contribution is -0.130. The van der Waals surface area contributed by atoms with Gasteiger partial charge in [0.1, 0.15) is 17.6 Å². The Morgan fingerprint density at radius 3 is 2.69 bits per heavy atom. The third-order valence-electron chi connectivity index (χ3n) is 2.94. The average Bonchev–Trinajstić information content (AvgIpc) is 2.74. The summed E-state index contributed by atoms with van der Waals surface area (Å²) in [6.45, 7) is 5.34. The number of carbonyl (C=O) groups is 2. The van der Waals surface area contributed by atoms with Crippen LogP contribution in [-0.2, 0) is 14.3 Å². The van der Waals surface area contributed by atoms with E-state index in [-0.39, 0.29) is 17.9 Å². The van der Waals surface area contributed by atoms with Gasteiger partial charge < -0.3 is 9.47 Å². The van der Waals surface area contributed by atoms with E-state index in [2.05, 4.69) is 0 Å². The molecule has 3 aliphatic rings. The Hall–Kier alpha value is -1.52. The van der Waals surface area contributed by atoms with Crippen molar-refractivity contribution in [3.05, 3.63) is 11.5 Å². The topological polar surface area (TPSA) is 59.1 Å². The number of carbonyl (C=O) groups excluding carboxylic acids is 2. The van der Waals surface area contributed by atoms with Crippen LogP contribution in [0.3, 0.4) is 0 Å². The number of imide groups is 1. The minimum Gasteiger partial charge on any atom is -0.456 e. The molecule has 0 aromatic rings. The largest absolute Gasteiger partial charge is 0.456 e. The van der Waals surface area contributed by atoms with E-state index in [1.54, 1.807) is 20.8 Å². The van der Waals surface area contributed by atoms with Gasteiger partial charge in [-0.05, 0) is 27.2 Å². The summed E-state index contributed by atoms with van der Waals surface area (Å²) < 4.78 is 10.4. The molecule has 0 aromatic heterocycles. The van der Waals surface area contributed by atoms with E-state index in [0.29, 0.717) is 6.42 Å². The fraction of sp³-hybridized carbons (Fsp3) is 0.636. The van der Waals surface area contributed by atoms with Crippen LogP contribution in [0.1, 0.15) is 27.2 Å². The highest BCUT2D eigenvalue weighted by Crippen LogP contribution is 2.53. The normalized spacial score (nSPS) is 30.4. The molecule has 0 aromatic carbocycles. The van der Waals surface area contributed by atoms with E-state index < -0.39 is 11.7 Å². The van der Waals surface area contributed by atoms with Crippen LogP contribution in [0, 0.1) is 5.92 Å². The van der Waals surface area contributed by atoms with Gasteiger partial charge in [-0.2, -0.15) is 0 Å². The van der Waals surface area contributed by atoms with Crippen LogP contribution in [-0.4, -0.2) is 28.5 Å². The first kappa shape index (κ1) is 9.69. The van der Waals surface area contributed by atoms with Crippen LogP contribution < -0.4 is 0 Å². The Morgan fingerprint density at radius 2 is 2.12 bits per heavy atom. The van der Waals surface area contributed by atoms with Gasteiger partial charge in [0.25, 0.3) is 0 Å². The molecule has 5 heteroatoms. The molecule has 1 aliphatic carbocycles. The molecule has 2 amide bonds. The number of nitrogens with zero attached hydrogens (tertiary/aromatic N) is 1. The first-order valence-corrected chi connectivity index (χ1v) is 5.36. The van der Waals surface area contributed by atoms with Gasteiger partial charge in [-0.3, -0.25) is 4.79 Å². The number of hydrogen-bond donors (Lipinski definition) is 0. The van der Waals surface area contributed by atoms with Gasteiger partial charge in [0, 0.05) is 0 Å². The highest BCUT2D eigenvalue weighted by Gasteiger charge is 2.62. The fourth-order valence-electron chi connectivity index (χ4n) is 2.29. The minimum atomic E-state index is -0.583. The van der Waals surface area contributed by atoms with E-state index in [4.69, 9.17) is 9.47 Å². The quantitative estimate of drug-likeness (QED) is 0.622. The van der Waals surface area contributed by atoms with Crippen molar-refractivity contribution in [2.45, 2.75) is 38.8 Å². The minimum absolute atomic E-state index is 0.185. The van der Waals surface area contributed by atoms with E-state index in [9.17, 15) is 9.59 Å². The number of ether oxygens (including phenoxy) is 2. The van der Waals surface area contributed by atoms with E-state index in [0.717, 1.165) is 11.5 Å². The molecule has 0 saturated carbocycles. The Morgan fingerprint density at radius 1 is 1.44 bits per heavy atom. The second-order valence-electron chi connectivity index (χ2n) is 5.32. The second-order valence-corrected chi connectivity index (χ2v) is 5.32. The molecule has 0 unspecified atom stereocenters. The molecule has 2 atom stereocenters. The van der Waals surface area contributed by atoms with Crippen molar-refractivity contribution in [1.82, 2.24) is 4.90 Å². The van der Waals surface area contributed by atoms with E-state index in [1.165, 1.54) is 4.90 Å². The van der Waals surface area contributed by atoms with Crippen LogP contribution in [0.2, 0.25) is 0 Å². The molecule has 1 fully saturated rings. The molecule has 2 aliphatic heterocycles. The van der Waals surface area contributed by atoms with Crippen molar-refractivity contribution in [3.63, 3.8) is 0 Å². The van der Waals surface area contributed by atoms with Crippen LogP contribution >= 0.6 is 0 Å². The van der Waals surface area contributed by atoms with Crippen LogP contribution in [0.15, 0.2) is 11.5 Å². The zero-order chi connectivity index (χ0) is 11.7. The summed E-state index contributed by atoms with van der Waals surface area (Å²) in [6.07, 6.45) is 0.106. The zero-order valence-electron chi connectivity index (χ0n) is 9.44. The molecular formula is C11H13NO4. The lowest BCUT2D eigenvalue weighted by Crippen LogP contribution is -2.43. The molecule has 2 bridgehead atoms. The van der Waals surface area contributed by atoms with E-state index in [1.807, 2.05) is 0 Å². The molecule has 0 radical (unpaired) electrons. The third kappa shape index (κ3) is 1.17. The lowest BCUT2D eigenvalue weighted by Gasteiger charge is -2.25. The maximum atomic E-state index is 11.8. The van der Waals surface area contributed by atoms with Gasteiger partial charge in [0.05, 0.1) is 0 Å². The van der Waals surface area contributed by atoms with Crippen molar-refractivity contribution in [3.8, 4) is 0 Å². The van der Waals surface area contributed by atoms with Gasteiger partial charge in [0.15, 0.2) is 11.5 Å². The molecule has 3 rings (SSSR count). The SMILES string of the molecule is CC(C)(C)OC(=O)N1C(=O)[C@H]2C[C@@H]1C1=C2O1. The Labute approximate surface area is 93.0 Å². The summed E-state index contributed by atoms with van der Waals surface area (Å²) in [7, 11) is 0. The zero-order valence-corrected chi connectivity index (χ0v) is 9.44. The standard InChI is InChI=1S/C11H13NO4/c1-11(2,3)16-10(14)12-6-4-5(9(12)13)7-8(6)15-7/h5-6H,4H2,1-3H3/t5-,6+/m0/s1. The first-order chi connectivity index (χ1) is 7.38. The average molecular weight is 223 g/mol. The number of rotatable bonds is 0. The highest BCUT2D eigenvalue weighted by molar-refractivity contribution is 5.99. The molecule has 1 saturated heterocycles. The van der Waals surface area contributed by atoms with Gasteiger partial charge >= 0.3 is 6.09 Å². The van der Waals surface area contributed by atoms with Gasteiger partial charge in [0.2, 0.25) is 5.91 Å². The van der Waals surface area contributed by atoms with Crippen LogP contribution in [0.4, 0.5) is 4.79 Å². The monoisotopic (exact) mass is 223 g/mol. The van der Waals surface area contributed by atoms with Gasteiger partial charge in [-0.1, -0.05) is 0 Å². The van der Waals surface area contributed by atoms with Crippen LogP contribution in [0.5, 0.6) is 0 Å². The molecule has 0 N–H and O–H groups in total. The summed E-state index contributed by atoms with van der Waals surface area (Å²) in [6, 6.07) is -0.206. The van der Waals surface area contributed by atoms with Crippen molar-refractivity contribution in [2.24, 2.45) is 5.92 Å². The predicted molar refractivity (Wildman–Crippen MR) is 53.1 cm³/mol. The molecular weight excluding hydrogens is 210 g/mol. The van der Waals surface area contributed by atoms with Crippen molar-refractivity contribution >= 4 is 12.0 Å². The maximum absolute atomic E-state index is 11.8. The summed E-state index contributed by atoms with van der Waals surface area (Å²) in [4.78, 5) is 24.9. The highest BCUT2D eigenvalue weighted by atomic mass is 16.6. The summed E-state index contributed by atoms with van der Waals surface area (Å²) in [5.74, 6) is 1.17. The molecule has 86 valence electrons. The maximum Gasteiger partial charge on any atom is 0.417 e. The Kier molecular flexibility index (Phi) is 1.57. The number of amides is 2. The second kappa shape index (κ2) is 2.59. The number of fused-ring (bicyclic) bond motifs is 4. The third-order valence-corrected chi connectivity index (χ3v) is 2.94. The predicted octanol–water partition coefficient (Wildman–Crippen LogP) is 1.39. The Balaban J connectivity index is 1.79. The Bertz CT molecular complexity index is 432. The van der Waals surface area contributed by atoms with E-state index >= 15 is 0 Å². The molecule has 16 heavy (non-hydrogen) atoms. The van der Waals surface area contributed by atoms with Crippen molar-refractivity contribution in [2.75, 3.05) is 0 Å². The van der Waals surface area contributed by atoms with Gasteiger partial charge in [-0.15, -0.1) is 0 Å². The lowest BCUT2D eigenvalue weighted by atomic mass is 10.1. The van der Waals surface area contributed by atoms with Crippen molar-refractivity contribution in [1.29, 1.82) is 0 Å². The summed E-state index contributed by atoms with van der Waals surface area (Å²) in [5.41, 5.74) is -0.583. The first-order valence-electron chi connectivity index (χ1n) is 5.36. The number of hydrogen-bond acceptors (Lipinski definition) is 4. The van der Waals surface area contributed by atoms with Crippen molar-refractivity contribution < 1.29 is 19.1 Å². The number of likely N-dealkylation sites (tertiary alicyclic amines) is 1. The van der Waals surface area contributed by atoms with Gasteiger partial charge in [-0.25, -0.2) is 9.69 Å². The van der Waals surface area contributed by atoms with Crippen LogP contribution in [0.25, 0.3) is 0 Å². The molecule has 2 heterocycles. The molecule has 0 spiro atoms.